The molecule has 136 valence electrons. The molecule has 1 aromatic carbocycles. The summed E-state index contributed by atoms with van der Waals surface area (Å²) in [6, 6.07) is 6.61. The number of hydrogen-bond acceptors (Lipinski definition) is 3. The van der Waals surface area contributed by atoms with Crippen molar-refractivity contribution >= 4 is 29.9 Å². The third-order valence-corrected chi connectivity index (χ3v) is 4.11. The van der Waals surface area contributed by atoms with Crippen LogP contribution < -0.4 is 10.6 Å². The van der Waals surface area contributed by atoms with Crippen molar-refractivity contribution in [3.8, 4) is 0 Å². The SMILES string of the molecule is CN=C(NCCN1CCCN(C)CC1)NCc1cccc(F)c1.I. The highest BCUT2D eigenvalue weighted by Crippen LogP contribution is 2.03. The van der Waals surface area contributed by atoms with Crippen LogP contribution in [0.2, 0.25) is 0 Å². The Labute approximate surface area is 161 Å². The van der Waals surface area contributed by atoms with Crippen LogP contribution in [0.4, 0.5) is 4.39 Å². The summed E-state index contributed by atoms with van der Waals surface area (Å²) in [5.74, 6) is 0.541. The number of halogens is 2. The molecule has 0 spiro atoms. The molecule has 1 aliphatic heterocycles. The smallest absolute Gasteiger partial charge is 0.191 e. The Kier molecular flexibility index (Phi) is 10.2. The lowest BCUT2D eigenvalue weighted by Crippen LogP contribution is -2.42. The van der Waals surface area contributed by atoms with E-state index in [1.807, 2.05) is 6.07 Å². The van der Waals surface area contributed by atoms with E-state index in [9.17, 15) is 4.39 Å². The maximum Gasteiger partial charge on any atom is 0.191 e. The first-order valence-electron chi connectivity index (χ1n) is 8.27. The Hall–Kier alpha value is -0.930. The number of benzene rings is 1. The highest BCUT2D eigenvalue weighted by Gasteiger charge is 2.11. The van der Waals surface area contributed by atoms with Gasteiger partial charge in [0.2, 0.25) is 0 Å². The lowest BCUT2D eigenvalue weighted by molar-refractivity contribution is 0.280. The molecule has 24 heavy (non-hydrogen) atoms. The molecule has 1 fully saturated rings. The average Bonchev–Trinajstić information content (AvgIpc) is 2.75. The van der Waals surface area contributed by atoms with Crippen molar-refractivity contribution in [3.05, 3.63) is 35.6 Å². The van der Waals surface area contributed by atoms with Gasteiger partial charge in [-0.25, -0.2) is 4.39 Å². The van der Waals surface area contributed by atoms with E-state index in [0.29, 0.717) is 6.54 Å². The Morgan fingerprint density at radius 1 is 1.21 bits per heavy atom. The normalized spacial score (nSPS) is 17.0. The van der Waals surface area contributed by atoms with Gasteiger partial charge in [-0.1, -0.05) is 12.1 Å². The van der Waals surface area contributed by atoms with Crippen LogP contribution in [0.25, 0.3) is 0 Å². The number of hydrogen-bond donors (Lipinski definition) is 2. The van der Waals surface area contributed by atoms with Crippen molar-refractivity contribution in [3.63, 3.8) is 0 Å². The lowest BCUT2D eigenvalue weighted by atomic mass is 10.2. The average molecular weight is 449 g/mol. The van der Waals surface area contributed by atoms with Gasteiger partial charge < -0.3 is 20.4 Å². The number of nitrogens with one attached hydrogen (secondary N) is 2. The predicted molar refractivity (Wildman–Crippen MR) is 109 cm³/mol. The fraction of sp³-hybridized carbons (Fsp3) is 0.588. The fourth-order valence-electron chi connectivity index (χ4n) is 2.71. The van der Waals surface area contributed by atoms with Crippen LogP contribution in [-0.2, 0) is 6.54 Å². The number of rotatable bonds is 5. The van der Waals surface area contributed by atoms with E-state index in [2.05, 4.69) is 32.5 Å². The second kappa shape index (κ2) is 11.6. The quantitative estimate of drug-likeness (QED) is 0.409. The minimum absolute atomic E-state index is 0. The molecule has 0 aliphatic carbocycles. The van der Waals surface area contributed by atoms with E-state index >= 15 is 0 Å². The van der Waals surface area contributed by atoms with Crippen LogP contribution in [0.5, 0.6) is 0 Å². The molecule has 5 nitrogen and oxygen atoms in total. The van der Waals surface area contributed by atoms with Gasteiger partial charge in [-0.3, -0.25) is 4.99 Å². The molecule has 2 rings (SSSR count). The Bertz CT molecular complexity index is 512. The van der Waals surface area contributed by atoms with E-state index in [1.54, 1.807) is 13.1 Å². The van der Waals surface area contributed by atoms with Crippen molar-refractivity contribution < 1.29 is 4.39 Å². The molecular formula is C17H29FIN5. The van der Waals surface area contributed by atoms with Gasteiger partial charge in [0.05, 0.1) is 0 Å². The standard InChI is InChI=1S/C17H28FN5.HI/c1-19-17(21-14-15-5-3-6-16(18)13-15)20-7-10-23-9-4-8-22(2)11-12-23;/h3,5-6,13H,4,7-12,14H2,1-2H3,(H2,19,20,21);1H. The third kappa shape index (κ3) is 7.76. The maximum atomic E-state index is 13.2. The number of guanidine groups is 1. The second-order valence-electron chi connectivity index (χ2n) is 5.98. The van der Waals surface area contributed by atoms with E-state index in [4.69, 9.17) is 0 Å². The highest BCUT2D eigenvalue weighted by molar-refractivity contribution is 14.0. The van der Waals surface area contributed by atoms with Gasteiger partial charge in [-0.05, 0) is 44.3 Å². The van der Waals surface area contributed by atoms with Crippen LogP contribution in [0.1, 0.15) is 12.0 Å². The Morgan fingerprint density at radius 2 is 2.04 bits per heavy atom. The van der Waals surface area contributed by atoms with Crippen LogP contribution in [0.15, 0.2) is 29.3 Å². The molecule has 0 atom stereocenters. The van der Waals surface area contributed by atoms with Crippen LogP contribution >= 0.6 is 24.0 Å². The molecule has 1 saturated heterocycles. The van der Waals surface area contributed by atoms with Crippen LogP contribution in [-0.4, -0.2) is 69.1 Å². The van der Waals surface area contributed by atoms with E-state index in [1.165, 1.54) is 25.1 Å². The summed E-state index contributed by atoms with van der Waals surface area (Å²) >= 11 is 0. The van der Waals surface area contributed by atoms with Gasteiger partial charge in [0.15, 0.2) is 5.96 Å². The van der Waals surface area contributed by atoms with E-state index in [0.717, 1.165) is 44.2 Å². The van der Waals surface area contributed by atoms with Gasteiger partial charge in [0.1, 0.15) is 5.82 Å². The third-order valence-electron chi connectivity index (χ3n) is 4.11. The summed E-state index contributed by atoms with van der Waals surface area (Å²) < 4.78 is 13.2. The number of likely N-dealkylation sites (N-methyl/N-ethyl adjacent to an activating group) is 1. The molecule has 0 aromatic heterocycles. The number of aliphatic imine (C=N–C) groups is 1. The van der Waals surface area contributed by atoms with Crippen molar-refractivity contribution in [2.24, 2.45) is 4.99 Å². The van der Waals surface area contributed by atoms with Crippen LogP contribution in [0.3, 0.4) is 0 Å². The monoisotopic (exact) mass is 449 g/mol. The van der Waals surface area contributed by atoms with Crippen molar-refractivity contribution in [1.82, 2.24) is 20.4 Å². The Balaban J connectivity index is 0.00000288. The zero-order valence-electron chi connectivity index (χ0n) is 14.6. The summed E-state index contributed by atoms with van der Waals surface area (Å²) in [6.45, 7) is 7.01. The van der Waals surface area contributed by atoms with Crippen molar-refractivity contribution in [1.29, 1.82) is 0 Å². The molecule has 2 N–H and O–H groups in total. The van der Waals surface area contributed by atoms with Crippen molar-refractivity contribution in [2.75, 3.05) is 53.4 Å². The summed E-state index contributed by atoms with van der Waals surface area (Å²) in [7, 11) is 3.93. The topological polar surface area (TPSA) is 42.9 Å². The Morgan fingerprint density at radius 3 is 2.79 bits per heavy atom. The molecule has 0 unspecified atom stereocenters. The predicted octanol–water partition coefficient (Wildman–Crippen LogP) is 1.75. The fourth-order valence-corrected chi connectivity index (χ4v) is 2.71. The second-order valence-corrected chi connectivity index (χ2v) is 5.98. The van der Waals surface area contributed by atoms with E-state index < -0.39 is 0 Å². The minimum Gasteiger partial charge on any atom is -0.355 e. The summed E-state index contributed by atoms with van der Waals surface area (Å²) in [6.07, 6.45) is 1.23. The summed E-state index contributed by atoms with van der Waals surface area (Å²) in [5, 5.41) is 6.54. The lowest BCUT2D eigenvalue weighted by Gasteiger charge is -2.21. The summed E-state index contributed by atoms with van der Waals surface area (Å²) in [4.78, 5) is 9.08. The van der Waals surface area contributed by atoms with Gasteiger partial charge in [0, 0.05) is 39.8 Å². The van der Waals surface area contributed by atoms with Gasteiger partial charge >= 0.3 is 0 Å². The van der Waals surface area contributed by atoms with Gasteiger partial charge in [0.25, 0.3) is 0 Å². The van der Waals surface area contributed by atoms with Crippen molar-refractivity contribution in [2.45, 2.75) is 13.0 Å². The first-order valence-corrected chi connectivity index (χ1v) is 8.27. The van der Waals surface area contributed by atoms with Gasteiger partial charge in [-0.2, -0.15) is 0 Å². The first-order chi connectivity index (χ1) is 11.2. The minimum atomic E-state index is -0.210. The molecular weight excluding hydrogens is 420 g/mol. The molecule has 7 heteroatoms. The molecule has 1 heterocycles. The molecule has 0 saturated carbocycles. The first kappa shape index (κ1) is 21.1. The van der Waals surface area contributed by atoms with E-state index in [-0.39, 0.29) is 29.8 Å². The molecule has 0 bridgehead atoms. The largest absolute Gasteiger partial charge is 0.355 e. The molecule has 0 amide bonds. The maximum absolute atomic E-state index is 13.2. The number of nitrogens with zero attached hydrogens (tertiary/aromatic N) is 3. The molecule has 1 aliphatic rings. The summed E-state index contributed by atoms with van der Waals surface area (Å²) in [5.41, 5.74) is 0.906. The van der Waals surface area contributed by atoms with Gasteiger partial charge in [-0.15, -0.1) is 24.0 Å². The highest BCUT2D eigenvalue weighted by atomic mass is 127. The zero-order valence-corrected chi connectivity index (χ0v) is 16.9. The van der Waals surface area contributed by atoms with Crippen LogP contribution in [0, 0.1) is 5.82 Å². The molecule has 0 radical (unpaired) electrons. The zero-order chi connectivity index (χ0) is 16.5. The molecule has 1 aromatic rings.